The SMILES string of the molecule is CCOc1ccc([N+](=O)[O-])c(C(=O)NCC(CC(=O)O)C(F)(F)F)c1. The molecule has 0 saturated carbocycles. The van der Waals surface area contributed by atoms with E-state index in [1.165, 1.54) is 6.07 Å². The Hall–Kier alpha value is -2.85. The van der Waals surface area contributed by atoms with E-state index in [-0.39, 0.29) is 12.4 Å². The summed E-state index contributed by atoms with van der Waals surface area (Å²) in [5, 5.41) is 21.4. The van der Waals surface area contributed by atoms with Gasteiger partial charge in [-0.2, -0.15) is 13.2 Å². The topological polar surface area (TPSA) is 119 Å². The molecule has 8 nitrogen and oxygen atoms in total. The third-order valence-corrected chi connectivity index (χ3v) is 3.11. The van der Waals surface area contributed by atoms with Gasteiger partial charge in [0, 0.05) is 12.6 Å². The molecular weight excluding hydrogens is 349 g/mol. The number of carbonyl (C=O) groups excluding carboxylic acids is 1. The minimum Gasteiger partial charge on any atom is -0.494 e. The molecule has 0 aromatic heterocycles. The molecule has 138 valence electrons. The maximum atomic E-state index is 12.8. The van der Waals surface area contributed by atoms with Gasteiger partial charge in [0.15, 0.2) is 0 Å². The number of carboxylic acid groups (broad SMARTS) is 1. The molecule has 1 aromatic rings. The number of hydrogen-bond acceptors (Lipinski definition) is 5. The molecule has 0 fully saturated rings. The second-order valence-electron chi connectivity index (χ2n) is 4.92. The highest BCUT2D eigenvalue weighted by atomic mass is 19.4. The van der Waals surface area contributed by atoms with Gasteiger partial charge in [0.25, 0.3) is 11.6 Å². The first-order valence-corrected chi connectivity index (χ1v) is 7.04. The summed E-state index contributed by atoms with van der Waals surface area (Å²) in [7, 11) is 0. The highest BCUT2D eigenvalue weighted by Gasteiger charge is 2.41. The van der Waals surface area contributed by atoms with Crippen LogP contribution in [0.25, 0.3) is 0 Å². The average Bonchev–Trinajstić information content (AvgIpc) is 2.49. The number of nitrogens with one attached hydrogen (secondary N) is 1. The van der Waals surface area contributed by atoms with E-state index in [1.54, 1.807) is 6.92 Å². The Morgan fingerprint density at radius 3 is 2.52 bits per heavy atom. The standard InChI is InChI=1S/C14H15F3N2O6/c1-2-25-9-3-4-11(19(23)24)10(6-9)13(22)18-7-8(5-12(20)21)14(15,16)17/h3-4,6,8H,2,5,7H2,1H3,(H,18,22)(H,20,21). The molecule has 0 radical (unpaired) electrons. The number of nitrogens with zero attached hydrogens (tertiary/aromatic N) is 1. The van der Waals surface area contributed by atoms with Crippen LogP contribution in [0.2, 0.25) is 0 Å². The van der Waals surface area contributed by atoms with Crippen LogP contribution in [-0.4, -0.2) is 41.2 Å². The zero-order valence-electron chi connectivity index (χ0n) is 13.0. The van der Waals surface area contributed by atoms with Crippen molar-refractivity contribution in [3.63, 3.8) is 0 Å². The lowest BCUT2D eigenvalue weighted by Gasteiger charge is -2.19. The smallest absolute Gasteiger partial charge is 0.394 e. The van der Waals surface area contributed by atoms with Crippen LogP contribution in [0.4, 0.5) is 18.9 Å². The van der Waals surface area contributed by atoms with E-state index in [0.717, 1.165) is 12.1 Å². The highest BCUT2D eigenvalue weighted by Crippen LogP contribution is 2.29. The zero-order chi connectivity index (χ0) is 19.2. The number of rotatable bonds is 8. The molecule has 25 heavy (non-hydrogen) atoms. The van der Waals surface area contributed by atoms with Crippen molar-refractivity contribution >= 4 is 17.6 Å². The van der Waals surface area contributed by atoms with Gasteiger partial charge in [0.1, 0.15) is 11.3 Å². The molecular formula is C14H15F3N2O6. The largest absolute Gasteiger partial charge is 0.494 e. The van der Waals surface area contributed by atoms with E-state index in [9.17, 15) is 32.9 Å². The van der Waals surface area contributed by atoms with Gasteiger partial charge in [0.05, 0.1) is 23.9 Å². The first kappa shape index (κ1) is 20.2. The summed E-state index contributed by atoms with van der Waals surface area (Å²) >= 11 is 0. The Morgan fingerprint density at radius 2 is 2.04 bits per heavy atom. The molecule has 0 aliphatic carbocycles. The van der Waals surface area contributed by atoms with Gasteiger partial charge < -0.3 is 15.2 Å². The van der Waals surface area contributed by atoms with Gasteiger partial charge in [-0.3, -0.25) is 19.7 Å². The first-order chi connectivity index (χ1) is 11.6. The van der Waals surface area contributed by atoms with Gasteiger partial charge in [0.2, 0.25) is 0 Å². The van der Waals surface area contributed by atoms with Gasteiger partial charge in [-0.05, 0) is 19.1 Å². The van der Waals surface area contributed by atoms with E-state index in [4.69, 9.17) is 9.84 Å². The lowest BCUT2D eigenvalue weighted by Crippen LogP contribution is -2.38. The minimum absolute atomic E-state index is 0.135. The molecule has 0 aliphatic rings. The fourth-order valence-electron chi connectivity index (χ4n) is 1.94. The second kappa shape index (κ2) is 8.31. The number of alkyl halides is 3. The summed E-state index contributed by atoms with van der Waals surface area (Å²) in [6, 6.07) is 3.29. The van der Waals surface area contributed by atoms with Crippen LogP contribution < -0.4 is 10.1 Å². The number of benzene rings is 1. The molecule has 1 aromatic carbocycles. The summed E-state index contributed by atoms with van der Waals surface area (Å²) in [4.78, 5) is 32.7. The van der Waals surface area contributed by atoms with Crippen LogP contribution in [0, 0.1) is 16.0 Å². The third kappa shape index (κ3) is 5.94. The van der Waals surface area contributed by atoms with Crippen LogP contribution in [-0.2, 0) is 4.79 Å². The Morgan fingerprint density at radius 1 is 1.40 bits per heavy atom. The predicted molar refractivity (Wildman–Crippen MR) is 78.4 cm³/mol. The van der Waals surface area contributed by atoms with Crippen molar-refractivity contribution in [3.05, 3.63) is 33.9 Å². The number of ether oxygens (including phenoxy) is 1. The highest BCUT2D eigenvalue weighted by molar-refractivity contribution is 5.98. The molecule has 0 saturated heterocycles. The predicted octanol–water partition coefficient (Wildman–Crippen LogP) is 2.38. The van der Waals surface area contributed by atoms with Crippen LogP contribution in [0.15, 0.2) is 18.2 Å². The number of nitro benzene ring substituents is 1. The number of carboxylic acids is 1. The van der Waals surface area contributed by atoms with E-state index < -0.39 is 53.1 Å². The van der Waals surface area contributed by atoms with E-state index in [2.05, 4.69) is 0 Å². The van der Waals surface area contributed by atoms with Crippen molar-refractivity contribution in [1.29, 1.82) is 0 Å². The molecule has 2 N–H and O–H groups in total. The molecule has 0 aliphatic heterocycles. The normalized spacial score (nSPS) is 12.3. The van der Waals surface area contributed by atoms with Gasteiger partial charge in [-0.15, -0.1) is 0 Å². The average molecular weight is 364 g/mol. The van der Waals surface area contributed by atoms with Gasteiger partial charge in [-0.25, -0.2) is 0 Å². The maximum Gasteiger partial charge on any atom is 0.394 e. The zero-order valence-corrected chi connectivity index (χ0v) is 13.0. The molecule has 11 heteroatoms. The summed E-state index contributed by atoms with van der Waals surface area (Å²) in [5.41, 5.74) is -1.09. The molecule has 1 atom stereocenters. The number of hydrogen-bond donors (Lipinski definition) is 2. The van der Waals surface area contributed by atoms with Crippen molar-refractivity contribution in [3.8, 4) is 5.75 Å². The molecule has 0 spiro atoms. The molecule has 1 unspecified atom stereocenters. The Bertz CT molecular complexity index is 662. The molecule has 1 amide bonds. The number of halogens is 3. The Kier molecular flexibility index (Phi) is 6.71. The van der Waals surface area contributed by atoms with E-state index in [0.29, 0.717) is 0 Å². The quantitative estimate of drug-likeness (QED) is 0.540. The van der Waals surface area contributed by atoms with Crippen molar-refractivity contribution in [1.82, 2.24) is 5.32 Å². The summed E-state index contributed by atoms with van der Waals surface area (Å²) < 4.78 is 43.4. The van der Waals surface area contributed by atoms with Crippen LogP contribution in [0.1, 0.15) is 23.7 Å². The maximum absolute atomic E-state index is 12.8. The van der Waals surface area contributed by atoms with E-state index >= 15 is 0 Å². The second-order valence-corrected chi connectivity index (χ2v) is 4.92. The van der Waals surface area contributed by atoms with E-state index in [1.807, 2.05) is 5.32 Å². The first-order valence-electron chi connectivity index (χ1n) is 7.04. The Balaban J connectivity index is 2.99. The molecule has 0 bridgehead atoms. The van der Waals surface area contributed by atoms with Crippen LogP contribution in [0.5, 0.6) is 5.75 Å². The van der Waals surface area contributed by atoms with Gasteiger partial charge >= 0.3 is 12.1 Å². The van der Waals surface area contributed by atoms with Crippen LogP contribution >= 0.6 is 0 Å². The summed E-state index contributed by atoms with van der Waals surface area (Å²) in [6.07, 6.45) is -6.07. The number of amides is 1. The fraction of sp³-hybridized carbons (Fsp3) is 0.429. The van der Waals surface area contributed by atoms with Gasteiger partial charge in [-0.1, -0.05) is 0 Å². The minimum atomic E-state index is -4.84. The molecule has 1 rings (SSSR count). The van der Waals surface area contributed by atoms with Crippen molar-refractivity contribution in [2.45, 2.75) is 19.5 Å². The fourth-order valence-corrected chi connectivity index (χ4v) is 1.94. The number of nitro groups is 1. The van der Waals surface area contributed by atoms with Crippen molar-refractivity contribution in [2.24, 2.45) is 5.92 Å². The van der Waals surface area contributed by atoms with Crippen LogP contribution in [0.3, 0.4) is 0 Å². The lowest BCUT2D eigenvalue weighted by atomic mass is 10.0. The Labute approximate surface area is 139 Å². The summed E-state index contributed by atoms with van der Waals surface area (Å²) in [5.74, 6) is -4.99. The lowest BCUT2D eigenvalue weighted by molar-refractivity contribution is -0.385. The summed E-state index contributed by atoms with van der Waals surface area (Å²) in [6.45, 7) is 0.833. The number of carbonyl (C=O) groups is 2. The van der Waals surface area contributed by atoms with Crippen molar-refractivity contribution in [2.75, 3.05) is 13.2 Å². The van der Waals surface area contributed by atoms with Crippen molar-refractivity contribution < 1.29 is 37.5 Å². The molecule has 0 heterocycles. The monoisotopic (exact) mass is 364 g/mol. The third-order valence-electron chi connectivity index (χ3n) is 3.11. The number of aliphatic carboxylic acids is 1.